The molecule has 0 radical (unpaired) electrons. The van der Waals surface area contributed by atoms with Gasteiger partial charge in [0.1, 0.15) is 5.82 Å². The Morgan fingerprint density at radius 1 is 1.41 bits per heavy atom. The van der Waals surface area contributed by atoms with Crippen LogP contribution in [-0.4, -0.2) is 43.4 Å². The van der Waals surface area contributed by atoms with Crippen molar-refractivity contribution in [2.24, 2.45) is 0 Å². The molecule has 0 aromatic heterocycles. The lowest BCUT2D eigenvalue weighted by atomic mass is 10.1. The maximum atomic E-state index is 13.6. The molecule has 96 valence electrons. The monoisotopic (exact) mass is 241 g/mol. The number of aliphatic hydroxyl groups is 1. The molecule has 3 nitrogen and oxygen atoms in total. The van der Waals surface area contributed by atoms with Crippen molar-refractivity contribution in [1.82, 2.24) is 4.90 Å². The largest absolute Gasteiger partial charge is 0.389 e. The molecule has 0 fully saturated rings. The number of ether oxygens (including phenoxy) is 1. The van der Waals surface area contributed by atoms with Crippen LogP contribution in [0, 0.1) is 5.82 Å². The first-order valence-corrected chi connectivity index (χ1v) is 5.68. The Balaban J connectivity index is 2.63. The smallest absolute Gasteiger partial charge is 0.127 e. The van der Waals surface area contributed by atoms with Gasteiger partial charge < -0.3 is 9.84 Å². The van der Waals surface area contributed by atoms with Crippen molar-refractivity contribution >= 4 is 0 Å². The van der Waals surface area contributed by atoms with E-state index in [-0.39, 0.29) is 18.5 Å². The van der Waals surface area contributed by atoms with E-state index in [4.69, 9.17) is 4.74 Å². The van der Waals surface area contributed by atoms with Crippen molar-refractivity contribution in [3.8, 4) is 0 Å². The van der Waals surface area contributed by atoms with Crippen molar-refractivity contribution in [2.75, 3.05) is 27.3 Å². The zero-order valence-corrected chi connectivity index (χ0v) is 10.6. The van der Waals surface area contributed by atoms with Crippen LogP contribution in [0.1, 0.15) is 18.5 Å². The first-order chi connectivity index (χ1) is 8.06. The van der Waals surface area contributed by atoms with E-state index in [2.05, 4.69) is 0 Å². The minimum atomic E-state index is -0.556. The van der Waals surface area contributed by atoms with Gasteiger partial charge in [-0.25, -0.2) is 4.39 Å². The van der Waals surface area contributed by atoms with Crippen LogP contribution in [0.4, 0.5) is 4.39 Å². The number of hydrogen-bond acceptors (Lipinski definition) is 3. The van der Waals surface area contributed by atoms with E-state index in [0.717, 1.165) is 0 Å². The molecule has 1 aromatic carbocycles. The highest BCUT2D eigenvalue weighted by molar-refractivity contribution is 5.20. The predicted molar refractivity (Wildman–Crippen MR) is 65.3 cm³/mol. The van der Waals surface area contributed by atoms with Gasteiger partial charge in [0.15, 0.2) is 0 Å². The molecule has 0 bridgehead atoms. The van der Waals surface area contributed by atoms with Gasteiger partial charge in [-0.05, 0) is 20.0 Å². The third kappa shape index (κ3) is 4.07. The Morgan fingerprint density at radius 3 is 2.65 bits per heavy atom. The number of methoxy groups -OCH3 is 1. The summed E-state index contributed by atoms with van der Waals surface area (Å²) in [6.07, 6.45) is -0.556. The van der Waals surface area contributed by atoms with Crippen molar-refractivity contribution in [3.05, 3.63) is 35.6 Å². The Bertz CT molecular complexity index is 346. The second-order valence-corrected chi connectivity index (χ2v) is 4.25. The van der Waals surface area contributed by atoms with Gasteiger partial charge in [-0.3, -0.25) is 4.90 Å². The lowest BCUT2D eigenvalue weighted by Gasteiger charge is -2.27. The molecule has 17 heavy (non-hydrogen) atoms. The van der Waals surface area contributed by atoms with Gasteiger partial charge in [0.2, 0.25) is 0 Å². The standard InChI is InChI=1S/C13H20FNO2/c1-10(12-6-4-5-7-13(12)14)15(2)8-11(16)9-17-3/h4-7,10-11,16H,8-9H2,1-3H3/t10-,11+/m1/s1. The molecule has 0 unspecified atom stereocenters. The average Bonchev–Trinajstić information content (AvgIpc) is 2.29. The van der Waals surface area contributed by atoms with Gasteiger partial charge >= 0.3 is 0 Å². The fraction of sp³-hybridized carbons (Fsp3) is 0.538. The second-order valence-electron chi connectivity index (χ2n) is 4.25. The highest BCUT2D eigenvalue weighted by Gasteiger charge is 2.17. The summed E-state index contributed by atoms with van der Waals surface area (Å²) in [4.78, 5) is 1.90. The predicted octanol–water partition coefficient (Wildman–Crippen LogP) is 1.83. The molecular formula is C13H20FNO2. The molecular weight excluding hydrogens is 221 g/mol. The summed E-state index contributed by atoms with van der Waals surface area (Å²) in [6, 6.07) is 6.62. The van der Waals surface area contributed by atoms with Crippen LogP contribution in [0.3, 0.4) is 0 Å². The molecule has 0 aliphatic rings. The minimum absolute atomic E-state index is 0.0808. The van der Waals surface area contributed by atoms with Crippen molar-refractivity contribution in [3.63, 3.8) is 0 Å². The van der Waals surface area contributed by atoms with Crippen LogP contribution >= 0.6 is 0 Å². The summed E-state index contributed by atoms with van der Waals surface area (Å²) in [5.41, 5.74) is 0.639. The molecule has 0 spiro atoms. The second kappa shape index (κ2) is 6.69. The van der Waals surface area contributed by atoms with Crippen LogP contribution in [0.2, 0.25) is 0 Å². The van der Waals surface area contributed by atoms with E-state index in [0.29, 0.717) is 12.1 Å². The van der Waals surface area contributed by atoms with Crippen molar-refractivity contribution < 1.29 is 14.2 Å². The van der Waals surface area contributed by atoms with E-state index in [1.54, 1.807) is 19.2 Å². The third-order valence-electron chi connectivity index (χ3n) is 2.87. The Labute approximate surface area is 102 Å². The van der Waals surface area contributed by atoms with Gasteiger partial charge in [0, 0.05) is 25.3 Å². The Hall–Kier alpha value is -0.970. The number of benzene rings is 1. The fourth-order valence-corrected chi connectivity index (χ4v) is 1.79. The van der Waals surface area contributed by atoms with Gasteiger partial charge in [0.25, 0.3) is 0 Å². The molecule has 1 aromatic rings. The third-order valence-corrected chi connectivity index (χ3v) is 2.87. The fourth-order valence-electron chi connectivity index (χ4n) is 1.79. The molecule has 0 aliphatic heterocycles. The number of nitrogens with zero attached hydrogens (tertiary/aromatic N) is 1. The maximum absolute atomic E-state index is 13.6. The Morgan fingerprint density at radius 2 is 2.06 bits per heavy atom. The van der Waals surface area contributed by atoms with Gasteiger partial charge in [-0.2, -0.15) is 0 Å². The molecule has 0 heterocycles. The topological polar surface area (TPSA) is 32.7 Å². The van der Waals surface area contributed by atoms with Crippen LogP contribution in [0.25, 0.3) is 0 Å². The lowest BCUT2D eigenvalue weighted by Crippen LogP contribution is -2.34. The van der Waals surface area contributed by atoms with Gasteiger partial charge in [0.05, 0.1) is 12.7 Å². The first kappa shape index (κ1) is 14.1. The highest BCUT2D eigenvalue weighted by Crippen LogP contribution is 2.21. The van der Waals surface area contributed by atoms with E-state index in [9.17, 15) is 9.50 Å². The number of halogens is 1. The van der Waals surface area contributed by atoms with Crippen molar-refractivity contribution in [1.29, 1.82) is 0 Å². The normalized spacial score (nSPS) is 14.9. The van der Waals surface area contributed by atoms with Crippen LogP contribution in [-0.2, 0) is 4.74 Å². The number of aliphatic hydroxyl groups excluding tert-OH is 1. The van der Waals surface area contributed by atoms with E-state index in [1.165, 1.54) is 6.07 Å². The summed E-state index contributed by atoms with van der Waals surface area (Å²) < 4.78 is 18.4. The van der Waals surface area contributed by atoms with Crippen LogP contribution in [0.15, 0.2) is 24.3 Å². The molecule has 0 aliphatic carbocycles. The minimum Gasteiger partial charge on any atom is -0.389 e. The highest BCUT2D eigenvalue weighted by atomic mass is 19.1. The molecule has 2 atom stereocenters. The lowest BCUT2D eigenvalue weighted by molar-refractivity contribution is 0.0354. The van der Waals surface area contributed by atoms with Crippen LogP contribution < -0.4 is 0 Å². The molecule has 0 saturated carbocycles. The summed E-state index contributed by atoms with van der Waals surface area (Å²) in [5.74, 6) is -0.215. The van der Waals surface area contributed by atoms with E-state index in [1.807, 2.05) is 24.9 Å². The zero-order chi connectivity index (χ0) is 12.8. The Kier molecular flexibility index (Phi) is 5.55. The van der Waals surface area contributed by atoms with E-state index < -0.39 is 6.10 Å². The molecule has 4 heteroatoms. The average molecular weight is 241 g/mol. The number of hydrogen-bond donors (Lipinski definition) is 1. The van der Waals surface area contributed by atoms with Crippen molar-refractivity contribution in [2.45, 2.75) is 19.1 Å². The molecule has 0 saturated heterocycles. The number of likely N-dealkylation sites (N-methyl/N-ethyl adjacent to an activating group) is 1. The molecule has 0 amide bonds. The maximum Gasteiger partial charge on any atom is 0.127 e. The summed E-state index contributed by atoms with van der Waals surface area (Å²) >= 11 is 0. The molecule has 1 rings (SSSR count). The summed E-state index contributed by atoms with van der Waals surface area (Å²) in [5, 5.41) is 9.62. The summed E-state index contributed by atoms with van der Waals surface area (Å²) in [6.45, 7) is 2.65. The zero-order valence-electron chi connectivity index (χ0n) is 10.6. The summed E-state index contributed by atoms with van der Waals surface area (Å²) in [7, 11) is 3.40. The van der Waals surface area contributed by atoms with E-state index >= 15 is 0 Å². The van der Waals surface area contributed by atoms with Gasteiger partial charge in [-0.15, -0.1) is 0 Å². The van der Waals surface area contributed by atoms with Gasteiger partial charge in [-0.1, -0.05) is 18.2 Å². The number of rotatable bonds is 6. The quantitative estimate of drug-likeness (QED) is 0.824. The van der Waals surface area contributed by atoms with Crippen LogP contribution in [0.5, 0.6) is 0 Å². The molecule has 1 N–H and O–H groups in total. The first-order valence-electron chi connectivity index (χ1n) is 5.68. The SMILES string of the molecule is COC[C@@H](O)CN(C)[C@H](C)c1ccccc1F.